The van der Waals surface area contributed by atoms with Crippen molar-refractivity contribution >= 4 is 11.9 Å². The lowest BCUT2D eigenvalue weighted by molar-refractivity contribution is -0.143. The van der Waals surface area contributed by atoms with Gasteiger partial charge in [0.1, 0.15) is 0 Å². The fourth-order valence-electron chi connectivity index (χ4n) is 2.16. The molecule has 1 N–H and O–H groups in total. The van der Waals surface area contributed by atoms with Gasteiger partial charge in [-0.3, -0.25) is 9.59 Å². The average Bonchev–Trinajstić information content (AvgIpc) is 3.07. The molecule has 0 saturated heterocycles. The minimum absolute atomic E-state index is 0.0849. The second kappa shape index (κ2) is 9.50. The van der Waals surface area contributed by atoms with Crippen molar-refractivity contribution in [3.63, 3.8) is 0 Å². The number of carbonyl (C=O) groups is 2. The molecule has 1 amide bonds. The highest BCUT2D eigenvalue weighted by atomic mass is 16.5. The Bertz CT molecular complexity index is 652. The lowest BCUT2D eigenvalue weighted by Crippen LogP contribution is -2.25. The monoisotopic (exact) mass is 330 g/mol. The molecule has 6 nitrogen and oxygen atoms in total. The van der Waals surface area contributed by atoms with Crippen LogP contribution in [0, 0.1) is 0 Å². The minimum Gasteiger partial charge on any atom is -0.466 e. The second-order valence-corrected chi connectivity index (χ2v) is 5.24. The predicted molar refractivity (Wildman–Crippen MR) is 89.1 cm³/mol. The van der Waals surface area contributed by atoms with E-state index >= 15 is 0 Å². The molecule has 0 radical (unpaired) electrons. The van der Waals surface area contributed by atoms with Gasteiger partial charge < -0.3 is 14.5 Å². The third-order valence-electron chi connectivity index (χ3n) is 3.36. The van der Waals surface area contributed by atoms with Crippen molar-refractivity contribution in [2.75, 3.05) is 13.2 Å². The topological polar surface area (TPSA) is 81.4 Å². The SMILES string of the molecule is CCOC(=O)CCCNC(=O)CCc1ncc(-c2ccccc2)o1. The average molecular weight is 330 g/mol. The number of hydrogen-bond donors (Lipinski definition) is 1. The minimum atomic E-state index is -0.236. The van der Waals surface area contributed by atoms with Crippen LogP contribution in [0.5, 0.6) is 0 Å². The van der Waals surface area contributed by atoms with Crippen molar-refractivity contribution in [3.8, 4) is 11.3 Å². The number of benzene rings is 1. The Kier molecular flexibility index (Phi) is 7.01. The van der Waals surface area contributed by atoms with Gasteiger partial charge in [-0.25, -0.2) is 4.98 Å². The zero-order valence-corrected chi connectivity index (χ0v) is 13.8. The summed E-state index contributed by atoms with van der Waals surface area (Å²) in [4.78, 5) is 27.1. The highest BCUT2D eigenvalue weighted by Crippen LogP contribution is 2.20. The molecule has 2 aromatic rings. The predicted octanol–water partition coefficient (Wildman–Crippen LogP) is 2.73. The van der Waals surface area contributed by atoms with Crippen molar-refractivity contribution in [3.05, 3.63) is 42.4 Å². The summed E-state index contributed by atoms with van der Waals surface area (Å²) in [5.74, 6) is 0.911. The molecule has 0 aliphatic rings. The van der Waals surface area contributed by atoms with E-state index < -0.39 is 0 Å². The van der Waals surface area contributed by atoms with Crippen molar-refractivity contribution in [2.24, 2.45) is 0 Å². The van der Waals surface area contributed by atoms with E-state index in [1.165, 1.54) is 0 Å². The normalized spacial score (nSPS) is 10.4. The van der Waals surface area contributed by atoms with E-state index in [1.54, 1.807) is 13.1 Å². The number of aromatic nitrogens is 1. The van der Waals surface area contributed by atoms with Crippen LogP contribution in [0.4, 0.5) is 0 Å². The smallest absolute Gasteiger partial charge is 0.305 e. The molecule has 2 rings (SSSR count). The number of oxazole rings is 1. The molecule has 0 saturated carbocycles. The molecular weight excluding hydrogens is 308 g/mol. The second-order valence-electron chi connectivity index (χ2n) is 5.24. The summed E-state index contributed by atoms with van der Waals surface area (Å²) in [5.41, 5.74) is 0.958. The Balaban J connectivity index is 1.67. The zero-order valence-electron chi connectivity index (χ0n) is 13.8. The molecule has 1 aromatic carbocycles. The van der Waals surface area contributed by atoms with Crippen LogP contribution in [-0.4, -0.2) is 30.0 Å². The number of nitrogens with one attached hydrogen (secondary N) is 1. The Morgan fingerprint density at radius 3 is 2.75 bits per heavy atom. The van der Waals surface area contributed by atoms with Gasteiger partial charge >= 0.3 is 5.97 Å². The maximum atomic E-state index is 11.8. The van der Waals surface area contributed by atoms with Gasteiger partial charge in [0.25, 0.3) is 0 Å². The van der Waals surface area contributed by atoms with Crippen LogP contribution < -0.4 is 5.32 Å². The molecule has 0 atom stereocenters. The Morgan fingerprint density at radius 1 is 1.21 bits per heavy atom. The van der Waals surface area contributed by atoms with E-state index in [1.807, 2.05) is 30.3 Å². The first-order valence-electron chi connectivity index (χ1n) is 8.11. The number of ether oxygens (including phenoxy) is 1. The van der Waals surface area contributed by atoms with Crippen molar-refractivity contribution in [1.82, 2.24) is 10.3 Å². The zero-order chi connectivity index (χ0) is 17.2. The summed E-state index contributed by atoms with van der Waals surface area (Å²) in [6.45, 7) is 2.61. The van der Waals surface area contributed by atoms with Gasteiger partial charge in [0.15, 0.2) is 11.7 Å². The number of aryl methyl sites for hydroxylation is 1. The van der Waals surface area contributed by atoms with Gasteiger partial charge in [-0.1, -0.05) is 30.3 Å². The summed E-state index contributed by atoms with van der Waals surface area (Å²) in [6.07, 6.45) is 3.29. The number of nitrogens with zero attached hydrogens (tertiary/aromatic N) is 1. The van der Waals surface area contributed by atoms with E-state index in [0.717, 1.165) is 5.56 Å². The van der Waals surface area contributed by atoms with Crippen molar-refractivity contribution in [1.29, 1.82) is 0 Å². The maximum absolute atomic E-state index is 11.8. The van der Waals surface area contributed by atoms with Gasteiger partial charge in [0.2, 0.25) is 5.91 Å². The van der Waals surface area contributed by atoms with E-state index in [0.29, 0.717) is 50.5 Å². The largest absolute Gasteiger partial charge is 0.466 e. The van der Waals surface area contributed by atoms with Gasteiger partial charge in [-0.2, -0.15) is 0 Å². The van der Waals surface area contributed by atoms with Crippen LogP contribution in [0.1, 0.15) is 32.1 Å². The van der Waals surface area contributed by atoms with Gasteiger partial charge in [0, 0.05) is 31.4 Å². The van der Waals surface area contributed by atoms with Crippen molar-refractivity contribution in [2.45, 2.75) is 32.6 Å². The quantitative estimate of drug-likeness (QED) is 0.565. The first-order chi connectivity index (χ1) is 11.7. The number of hydrogen-bond acceptors (Lipinski definition) is 5. The lowest BCUT2D eigenvalue weighted by atomic mass is 10.2. The third kappa shape index (κ3) is 5.87. The molecule has 0 aliphatic carbocycles. The standard InChI is InChI=1S/C18H22N2O4/c1-2-23-18(22)9-6-12-19-16(21)10-11-17-20-13-15(24-17)14-7-4-3-5-8-14/h3-5,7-8,13H,2,6,9-12H2,1H3,(H,19,21). The maximum Gasteiger partial charge on any atom is 0.305 e. The Labute approximate surface area is 141 Å². The summed E-state index contributed by atoms with van der Waals surface area (Å²) >= 11 is 0. The molecule has 128 valence electrons. The molecular formula is C18H22N2O4. The van der Waals surface area contributed by atoms with E-state index in [4.69, 9.17) is 9.15 Å². The summed E-state index contributed by atoms with van der Waals surface area (Å²) in [5, 5.41) is 2.77. The lowest BCUT2D eigenvalue weighted by Gasteiger charge is -2.04. The Morgan fingerprint density at radius 2 is 2.00 bits per heavy atom. The van der Waals surface area contributed by atoms with Crippen LogP contribution in [0.2, 0.25) is 0 Å². The molecule has 6 heteroatoms. The summed E-state index contributed by atoms with van der Waals surface area (Å²) in [7, 11) is 0. The van der Waals surface area contributed by atoms with Crippen LogP contribution in [0.15, 0.2) is 40.9 Å². The van der Waals surface area contributed by atoms with Gasteiger partial charge in [-0.05, 0) is 13.3 Å². The Hall–Kier alpha value is -2.63. The molecule has 1 heterocycles. The van der Waals surface area contributed by atoms with Crippen LogP contribution in [0.3, 0.4) is 0 Å². The van der Waals surface area contributed by atoms with Gasteiger partial charge in [0.05, 0.1) is 12.8 Å². The van der Waals surface area contributed by atoms with Gasteiger partial charge in [-0.15, -0.1) is 0 Å². The first-order valence-corrected chi connectivity index (χ1v) is 8.11. The number of amides is 1. The summed E-state index contributed by atoms with van der Waals surface area (Å²) in [6, 6.07) is 9.69. The molecule has 24 heavy (non-hydrogen) atoms. The highest BCUT2D eigenvalue weighted by molar-refractivity contribution is 5.76. The molecule has 0 aliphatic heterocycles. The van der Waals surface area contributed by atoms with E-state index in [2.05, 4.69) is 10.3 Å². The molecule has 0 spiro atoms. The molecule has 0 unspecified atom stereocenters. The number of rotatable bonds is 9. The van der Waals surface area contributed by atoms with E-state index in [9.17, 15) is 9.59 Å². The molecule has 0 fully saturated rings. The first kappa shape index (κ1) is 17.7. The van der Waals surface area contributed by atoms with Crippen molar-refractivity contribution < 1.29 is 18.7 Å². The van der Waals surface area contributed by atoms with E-state index in [-0.39, 0.29) is 11.9 Å². The van der Waals surface area contributed by atoms with Crippen LogP contribution in [0.25, 0.3) is 11.3 Å². The molecule has 0 bridgehead atoms. The third-order valence-corrected chi connectivity index (χ3v) is 3.36. The highest BCUT2D eigenvalue weighted by Gasteiger charge is 2.09. The summed E-state index contributed by atoms with van der Waals surface area (Å²) < 4.78 is 10.5. The fraction of sp³-hybridized carbons (Fsp3) is 0.389. The number of esters is 1. The van der Waals surface area contributed by atoms with Crippen LogP contribution in [-0.2, 0) is 20.7 Å². The molecule has 1 aromatic heterocycles. The van der Waals surface area contributed by atoms with Crippen LogP contribution >= 0.6 is 0 Å². The number of carbonyl (C=O) groups excluding carboxylic acids is 2. The fourth-order valence-corrected chi connectivity index (χ4v) is 2.16.